The van der Waals surface area contributed by atoms with Crippen LogP contribution < -0.4 is 9.21 Å². The Hall–Kier alpha value is -2.98. The van der Waals surface area contributed by atoms with Gasteiger partial charge in [0.1, 0.15) is 17.5 Å². The molecular weight excluding hydrogens is 449 g/mol. The van der Waals surface area contributed by atoms with E-state index < -0.39 is 45.4 Å². The third-order valence-corrected chi connectivity index (χ3v) is 6.85. The highest BCUT2D eigenvalue weighted by molar-refractivity contribution is 8.01. The number of halogens is 3. The SMILES string of the molecule is CS(=O)(=O)c1cccc(N2Sc3ccccc3N(Cc3c(F)cc(F)cc3F)C2=O)c1. The number of carbonyl (C=O) groups is 1. The normalized spacial score (nSPS) is 14.0. The summed E-state index contributed by atoms with van der Waals surface area (Å²) in [5.41, 5.74) is 0.259. The maximum absolute atomic E-state index is 14.3. The summed E-state index contributed by atoms with van der Waals surface area (Å²) in [6.07, 6.45) is 1.05. The first-order valence-corrected chi connectivity index (χ1v) is 11.6. The largest absolute Gasteiger partial charge is 0.339 e. The van der Waals surface area contributed by atoms with E-state index in [1.807, 2.05) is 0 Å². The van der Waals surface area contributed by atoms with Gasteiger partial charge in [0.05, 0.1) is 27.7 Å². The number of hydrogen-bond acceptors (Lipinski definition) is 4. The van der Waals surface area contributed by atoms with Crippen molar-refractivity contribution in [2.75, 3.05) is 15.5 Å². The second kappa shape index (κ2) is 7.93. The summed E-state index contributed by atoms with van der Waals surface area (Å²) in [6, 6.07) is 13.1. The van der Waals surface area contributed by atoms with Gasteiger partial charge in [0.15, 0.2) is 9.84 Å². The highest BCUT2D eigenvalue weighted by Crippen LogP contribution is 2.42. The maximum Gasteiger partial charge on any atom is 0.339 e. The lowest BCUT2D eigenvalue weighted by atomic mass is 10.1. The van der Waals surface area contributed by atoms with Crippen LogP contribution in [0.25, 0.3) is 0 Å². The molecule has 0 spiro atoms. The third kappa shape index (κ3) is 4.13. The van der Waals surface area contributed by atoms with E-state index in [0.29, 0.717) is 22.7 Å². The van der Waals surface area contributed by atoms with Crippen LogP contribution in [0.2, 0.25) is 0 Å². The molecule has 10 heteroatoms. The van der Waals surface area contributed by atoms with Crippen LogP contribution in [0.3, 0.4) is 0 Å². The average Bonchev–Trinajstić information content (AvgIpc) is 2.71. The summed E-state index contributed by atoms with van der Waals surface area (Å²) < 4.78 is 66.9. The number of fused-ring (bicyclic) bond motifs is 1. The highest BCUT2D eigenvalue weighted by Gasteiger charge is 2.34. The second-order valence-electron chi connectivity index (χ2n) is 6.84. The Morgan fingerprint density at radius 1 is 0.935 bits per heavy atom. The van der Waals surface area contributed by atoms with Crippen molar-refractivity contribution in [3.8, 4) is 0 Å². The van der Waals surface area contributed by atoms with E-state index in [9.17, 15) is 26.4 Å². The summed E-state index contributed by atoms with van der Waals surface area (Å²) >= 11 is 1.06. The molecule has 2 amide bonds. The molecule has 0 radical (unpaired) electrons. The summed E-state index contributed by atoms with van der Waals surface area (Å²) in [7, 11) is -3.51. The standard InChI is InChI=1S/C21H15F3N2O3S2/c1-31(28,29)15-6-4-5-14(11-15)26-21(27)25(19-7-2-3-8-20(19)30-26)12-16-17(23)9-13(22)10-18(16)24/h2-11H,12H2,1H3. The van der Waals surface area contributed by atoms with E-state index in [2.05, 4.69) is 0 Å². The fraction of sp³-hybridized carbons (Fsp3) is 0.0952. The topological polar surface area (TPSA) is 57.7 Å². The molecule has 0 saturated heterocycles. The minimum Gasteiger partial charge on any atom is -0.287 e. The Morgan fingerprint density at radius 3 is 2.29 bits per heavy atom. The number of amides is 2. The third-order valence-electron chi connectivity index (χ3n) is 4.65. The first-order valence-electron chi connectivity index (χ1n) is 8.97. The van der Waals surface area contributed by atoms with Gasteiger partial charge in [0.2, 0.25) is 0 Å². The molecule has 160 valence electrons. The summed E-state index contributed by atoms with van der Waals surface area (Å²) in [5, 5.41) is 0. The molecule has 0 bridgehead atoms. The molecule has 3 aromatic carbocycles. The lowest BCUT2D eigenvalue weighted by Gasteiger charge is -2.36. The number of para-hydroxylation sites is 1. The molecule has 0 atom stereocenters. The van der Waals surface area contributed by atoms with Gasteiger partial charge in [-0.05, 0) is 42.3 Å². The van der Waals surface area contributed by atoms with Crippen molar-refractivity contribution in [3.63, 3.8) is 0 Å². The summed E-state index contributed by atoms with van der Waals surface area (Å²) in [6.45, 7) is -0.476. The van der Waals surface area contributed by atoms with Gasteiger partial charge >= 0.3 is 6.03 Å². The van der Waals surface area contributed by atoms with E-state index in [0.717, 1.165) is 18.2 Å². The number of anilines is 2. The van der Waals surface area contributed by atoms with Gasteiger partial charge in [-0.3, -0.25) is 4.90 Å². The molecule has 3 aromatic rings. The molecule has 31 heavy (non-hydrogen) atoms. The molecule has 0 fully saturated rings. The number of carbonyl (C=O) groups excluding carboxylic acids is 1. The Kier molecular flexibility index (Phi) is 5.44. The monoisotopic (exact) mass is 464 g/mol. The fourth-order valence-corrected chi connectivity index (χ4v) is 4.81. The summed E-state index contributed by atoms with van der Waals surface area (Å²) in [5.74, 6) is -3.27. The van der Waals surface area contributed by atoms with E-state index >= 15 is 0 Å². The lowest BCUT2D eigenvalue weighted by Crippen LogP contribution is -2.43. The minimum atomic E-state index is -3.51. The first kappa shape index (κ1) is 21.3. The molecule has 4 rings (SSSR count). The Balaban J connectivity index is 1.79. The first-order chi connectivity index (χ1) is 14.6. The average molecular weight is 464 g/mol. The van der Waals surface area contributed by atoms with Crippen LogP contribution in [0.1, 0.15) is 5.56 Å². The van der Waals surface area contributed by atoms with E-state index in [1.165, 1.54) is 27.4 Å². The number of rotatable bonds is 4. The van der Waals surface area contributed by atoms with Crippen molar-refractivity contribution in [2.45, 2.75) is 16.3 Å². The van der Waals surface area contributed by atoms with E-state index in [-0.39, 0.29) is 10.6 Å². The van der Waals surface area contributed by atoms with Gasteiger partial charge in [-0.1, -0.05) is 18.2 Å². The van der Waals surface area contributed by atoms with Crippen molar-refractivity contribution in [1.82, 2.24) is 0 Å². The van der Waals surface area contributed by atoms with Crippen molar-refractivity contribution >= 4 is 39.2 Å². The Labute approximate surface area is 181 Å². The predicted octanol–water partition coefficient (Wildman–Crippen LogP) is 5.16. The van der Waals surface area contributed by atoms with Crippen LogP contribution in [0.5, 0.6) is 0 Å². The van der Waals surface area contributed by atoms with Gasteiger partial charge < -0.3 is 0 Å². The Morgan fingerprint density at radius 2 is 1.61 bits per heavy atom. The number of urea groups is 1. The summed E-state index contributed by atoms with van der Waals surface area (Å²) in [4.78, 5) is 15.1. The zero-order valence-corrected chi connectivity index (χ0v) is 17.7. The molecule has 0 aromatic heterocycles. The smallest absolute Gasteiger partial charge is 0.287 e. The molecule has 1 aliphatic heterocycles. The van der Waals surface area contributed by atoms with Crippen molar-refractivity contribution in [3.05, 3.63) is 83.7 Å². The van der Waals surface area contributed by atoms with Gasteiger partial charge in [-0.2, -0.15) is 0 Å². The number of hydrogen-bond donors (Lipinski definition) is 0. The van der Waals surface area contributed by atoms with Crippen LogP contribution in [-0.4, -0.2) is 20.7 Å². The van der Waals surface area contributed by atoms with Crippen molar-refractivity contribution < 1.29 is 26.4 Å². The van der Waals surface area contributed by atoms with E-state index in [1.54, 1.807) is 30.3 Å². The highest BCUT2D eigenvalue weighted by atomic mass is 32.2. The lowest BCUT2D eigenvalue weighted by molar-refractivity contribution is 0.254. The molecule has 5 nitrogen and oxygen atoms in total. The van der Waals surface area contributed by atoms with Gasteiger partial charge in [0, 0.05) is 24.0 Å². The van der Waals surface area contributed by atoms with Gasteiger partial charge in [0.25, 0.3) is 0 Å². The number of benzene rings is 3. The molecule has 1 heterocycles. The van der Waals surface area contributed by atoms with Crippen LogP contribution >= 0.6 is 11.9 Å². The molecule has 1 aliphatic rings. The molecule has 0 unspecified atom stereocenters. The fourth-order valence-electron chi connectivity index (χ4n) is 3.15. The number of nitrogens with zero attached hydrogens (tertiary/aromatic N) is 2. The second-order valence-corrected chi connectivity index (χ2v) is 9.84. The predicted molar refractivity (Wildman–Crippen MR) is 112 cm³/mol. The van der Waals surface area contributed by atoms with Gasteiger partial charge in [-0.15, -0.1) is 0 Å². The maximum atomic E-state index is 14.3. The number of sulfone groups is 1. The zero-order valence-electron chi connectivity index (χ0n) is 16.1. The van der Waals surface area contributed by atoms with Crippen LogP contribution in [0, 0.1) is 17.5 Å². The molecule has 0 N–H and O–H groups in total. The zero-order chi connectivity index (χ0) is 22.3. The quantitative estimate of drug-likeness (QED) is 0.501. The molecule has 0 saturated carbocycles. The minimum absolute atomic E-state index is 0.0273. The van der Waals surface area contributed by atoms with E-state index in [4.69, 9.17) is 0 Å². The van der Waals surface area contributed by atoms with Crippen molar-refractivity contribution in [1.29, 1.82) is 0 Å². The van der Waals surface area contributed by atoms with Crippen LogP contribution in [0.4, 0.5) is 29.3 Å². The van der Waals surface area contributed by atoms with Crippen LogP contribution in [0.15, 0.2) is 70.5 Å². The van der Waals surface area contributed by atoms with Crippen LogP contribution in [-0.2, 0) is 16.4 Å². The van der Waals surface area contributed by atoms with Crippen molar-refractivity contribution in [2.24, 2.45) is 0 Å². The molecular formula is C21H15F3N2O3S2. The van der Waals surface area contributed by atoms with Gasteiger partial charge in [-0.25, -0.2) is 30.7 Å². The Bertz CT molecular complexity index is 1280. The molecule has 0 aliphatic carbocycles.